The van der Waals surface area contributed by atoms with E-state index < -0.39 is 0 Å². The number of rotatable bonds is 3. The lowest BCUT2D eigenvalue weighted by molar-refractivity contribution is 0.106. The molecule has 0 atom stereocenters. The van der Waals surface area contributed by atoms with Crippen LogP contribution in [0, 0.1) is 0 Å². The zero-order valence-corrected chi connectivity index (χ0v) is 15.4. The second-order valence-corrected chi connectivity index (χ2v) is 7.78. The van der Waals surface area contributed by atoms with Crippen molar-refractivity contribution in [1.82, 2.24) is 4.57 Å². The van der Waals surface area contributed by atoms with Gasteiger partial charge in [-0.3, -0.25) is 9.59 Å². The normalized spacial score (nSPS) is 12.8. The first kappa shape index (κ1) is 16.1. The number of carbonyl (C=O) groups excluding carboxylic acids is 1. The Labute approximate surface area is 149 Å². The highest BCUT2D eigenvalue weighted by molar-refractivity contribution is 9.10. The van der Waals surface area contributed by atoms with Crippen molar-refractivity contribution in [3.8, 4) is 0 Å². The monoisotopic (exact) mass is 405 g/mol. The number of nitrogens with zero attached hydrogens (tertiary/aromatic N) is 1. The zero-order chi connectivity index (χ0) is 16.4. The van der Waals surface area contributed by atoms with Gasteiger partial charge in [0.05, 0.1) is 9.41 Å². The molecule has 0 amide bonds. The summed E-state index contributed by atoms with van der Waals surface area (Å²) in [6.45, 7) is 0. The lowest BCUT2D eigenvalue weighted by Gasteiger charge is -1.92. The summed E-state index contributed by atoms with van der Waals surface area (Å²) in [5.74, 6) is -0.0779. The van der Waals surface area contributed by atoms with E-state index in [1.54, 1.807) is 13.1 Å². The Balaban J connectivity index is 2.09. The van der Waals surface area contributed by atoms with Gasteiger partial charge in [0.2, 0.25) is 0 Å². The molecule has 0 saturated carbocycles. The molecule has 0 radical (unpaired) electrons. The molecule has 3 aromatic rings. The standard InChI is InChI=1S/C17H12BrNO2S2/c1-19-16(10-13(20)14-6-3-7-22-14)23-15(17(19)21)9-11-4-2-5-12(18)8-11/h2-10H,1H3/b15-9+,16-10-. The minimum atomic E-state index is -0.0970. The quantitative estimate of drug-likeness (QED) is 0.628. The Kier molecular flexibility index (Phi) is 4.75. The van der Waals surface area contributed by atoms with Crippen molar-refractivity contribution in [2.24, 2.45) is 7.05 Å². The van der Waals surface area contributed by atoms with Crippen LogP contribution in [0.15, 0.2) is 51.0 Å². The van der Waals surface area contributed by atoms with Gasteiger partial charge in [0.1, 0.15) is 4.66 Å². The number of thiazole rings is 1. The van der Waals surface area contributed by atoms with Crippen molar-refractivity contribution in [3.05, 3.63) is 76.2 Å². The molecule has 0 saturated heterocycles. The van der Waals surface area contributed by atoms with Crippen LogP contribution in [-0.4, -0.2) is 10.4 Å². The van der Waals surface area contributed by atoms with Crippen molar-refractivity contribution >= 4 is 56.5 Å². The minimum absolute atomic E-state index is 0.0779. The third-order valence-corrected chi connectivity index (χ3v) is 5.72. The molecule has 1 aromatic carbocycles. The van der Waals surface area contributed by atoms with Gasteiger partial charge in [0.15, 0.2) is 5.78 Å². The number of benzene rings is 1. The Hall–Kier alpha value is -1.76. The van der Waals surface area contributed by atoms with Crippen molar-refractivity contribution < 1.29 is 4.79 Å². The van der Waals surface area contributed by atoms with E-state index in [1.165, 1.54) is 33.3 Å². The first-order valence-electron chi connectivity index (χ1n) is 6.77. The zero-order valence-electron chi connectivity index (χ0n) is 12.2. The summed E-state index contributed by atoms with van der Waals surface area (Å²) in [6.07, 6.45) is 3.36. The fourth-order valence-electron chi connectivity index (χ4n) is 2.06. The largest absolute Gasteiger partial charge is 0.302 e. The van der Waals surface area contributed by atoms with Crippen LogP contribution in [0.4, 0.5) is 0 Å². The van der Waals surface area contributed by atoms with Crippen LogP contribution >= 0.6 is 38.6 Å². The van der Waals surface area contributed by atoms with Gasteiger partial charge in [-0.2, -0.15) is 0 Å². The van der Waals surface area contributed by atoms with Crippen LogP contribution in [0.2, 0.25) is 0 Å². The van der Waals surface area contributed by atoms with Crippen molar-refractivity contribution in [3.63, 3.8) is 0 Å². The maximum Gasteiger partial charge on any atom is 0.268 e. The molecule has 3 rings (SSSR count). The van der Waals surface area contributed by atoms with E-state index in [2.05, 4.69) is 15.9 Å². The van der Waals surface area contributed by atoms with E-state index in [1.807, 2.05) is 41.8 Å². The number of hydrogen-bond acceptors (Lipinski definition) is 4. The molecule has 0 unspecified atom stereocenters. The molecule has 6 heteroatoms. The van der Waals surface area contributed by atoms with Crippen LogP contribution in [-0.2, 0) is 7.05 Å². The Morgan fingerprint density at radius 2 is 2.09 bits per heavy atom. The molecular formula is C17H12BrNO2S2. The molecule has 2 heterocycles. The molecule has 3 nitrogen and oxygen atoms in total. The third-order valence-electron chi connectivity index (χ3n) is 3.23. The minimum Gasteiger partial charge on any atom is -0.302 e. The molecule has 0 fully saturated rings. The van der Waals surface area contributed by atoms with Gasteiger partial charge in [-0.15, -0.1) is 22.7 Å². The highest BCUT2D eigenvalue weighted by atomic mass is 79.9. The molecule has 0 aliphatic carbocycles. The predicted octanol–water partition coefficient (Wildman–Crippen LogP) is 2.76. The van der Waals surface area contributed by atoms with E-state index in [-0.39, 0.29) is 11.3 Å². The number of aromatic nitrogens is 1. The van der Waals surface area contributed by atoms with Crippen LogP contribution in [0.25, 0.3) is 12.2 Å². The van der Waals surface area contributed by atoms with Crippen LogP contribution in [0.3, 0.4) is 0 Å². The summed E-state index contributed by atoms with van der Waals surface area (Å²) in [4.78, 5) is 25.2. The molecule has 0 spiro atoms. The number of carbonyl (C=O) groups is 1. The van der Waals surface area contributed by atoms with E-state index in [0.29, 0.717) is 14.1 Å². The maximum atomic E-state index is 12.3. The van der Waals surface area contributed by atoms with Crippen LogP contribution < -0.4 is 14.8 Å². The van der Waals surface area contributed by atoms with Crippen molar-refractivity contribution in [2.75, 3.05) is 0 Å². The summed E-state index contributed by atoms with van der Waals surface area (Å²) in [7, 11) is 1.69. The first-order chi connectivity index (χ1) is 11.0. The number of ketones is 1. The number of hydrogen-bond donors (Lipinski definition) is 0. The van der Waals surface area contributed by atoms with Gasteiger partial charge in [-0.25, -0.2) is 0 Å². The van der Waals surface area contributed by atoms with Gasteiger partial charge >= 0.3 is 0 Å². The molecule has 116 valence electrons. The SMILES string of the molecule is Cn1c(=O)/c(=C\c2cccc(Br)c2)s/c1=C\C(=O)c1cccs1. The van der Waals surface area contributed by atoms with E-state index in [4.69, 9.17) is 0 Å². The first-order valence-corrected chi connectivity index (χ1v) is 9.26. The lowest BCUT2D eigenvalue weighted by atomic mass is 10.2. The summed E-state index contributed by atoms with van der Waals surface area (Å²) >= 11 is 6.13. The number of halogens is 1. The fourth-order valence-corrected chi connectivity index (χ4v) is 4.14. The smallest absolute Gasteiger partial charge is 0.268 e. The summed E-state index contributed by atoms with van der Waals surface area (Å²) in [5, 5.41) is 1.86. The van der Waals surface area contributed by atoms with Gasteiger partial charge < -0.3 is 4.57 Å². The Morgan fingerprint density at radius 3 is 2.78 bits per heavy atom. The Morgan fingerprint density at radius 1 is 1.26 bits per heavy atom. The second kappa shape index (κ2) is 6.78. The molecule has 0 aliphatic rings. The number of Topliss-reactive ketones (excluding diaryl/α,β-unsaturated/α-hetero) is 1. The van der Waals surface area contributed by atoms with Crippen LogP contribution in [0.1, 0.15) is 15.2 Å². The summed E-state index contributed by atoms with van der Waals surface area (Å²) in [5.41, 5.74) is 0.842. The molecule has 23 heavy (non-hydrogen) atoms. The van der Waals surface area contributed by atoms with E-state index in [0.717, 1.165) is 10.0 Å². The fraction of sp³-hybridized carbons (Fsp3) is 0.0588. The molecule has 2 aromatic heterocycles. The molecule has 0 bridgehead atoms. The van der Waals surface area contributed by atoms with Gasteiger partial charge in [0.25, 0.3) is 5.56 Å². The van der Waals surface area contributed by atoms with Crippen molar-refractivity contribution in [2.45, 2.75) is 0 Å². The average molecular weight is 406 g/mol. The molecular weight excluding hydrogens is 394 g/mol. The average Bonchev–Trinajstić information content (AvgIpc) is 3.13. The topological polar surface area (TPSA) is 39.1 Å². The van der Waals surface area contributed by atoms with E-state index in [9.17, 15) is 9.59 Å². The summed E-state index contributed by atoms with van der Waals surface area (Å²) in [6, 6.07) is 11.4. The predicted molar refractivity (Wildman–Crippen MR) is 99.6 cm³/mol. The van der Waals surface area contributed by atoms with Gasteiger partial charge in [-0.05, 0) is 35.2 Å². The molecule has 0 aliphatic heterocycles. The van der Waals surface area contributed by atoms with Gasteiger partial charge in [0, 0.05) is 17.6 Å². The highest BCUT2D eigenvalue weighted by Gasteiger charge is 2.06. The maximum absolute atomic E-state index is 12.3. The second-order valence-electron chi connectivity index (χ2n) is 4.85. The third kappa shape index (κ3) is 3.60. The number of thiophene rings is 1. The van der Waals surface area contributed by atoms with Crippen molar-refractivity contribution in [1.29, 1.82) is 0 Å². The lowest BCUT2D eigenvalue weighted by Crippen LogP contribution is -2.29. The van der Waals surface area contributed by atoms with Gasteiger partial charge in [-0.1, -0.05) is 34.1 Å². The highest BCUT2D eigenvalue weighted by Crippen LogP contribution is 2.12. The van der Waals surface area contributed by atoms with E-state index >= 15 is 0 Å². The summed E-state index contributed by atoms with van der Waals surface area (Å²) < 4.78 is 3.73. The molecule has 0 N–H and O–H groups in total. The van der Waals surface area contributed by atoms with Crippen LogP contribution in [0.5, 0.6) is 0 Å². The Bertz CT molecular complexity index is 1030.